The Morgan fingerprint density at radius 3 is 2.61 bits per heavy atom. The molecule has 4 rings (SSSR count). The molecule has 1 N–H and O–H groups in total. The second kappa shape index (κ2) is 7.87. The fourth-order valence-corrected chi connectivity index (χ4v) is 2.84. The number of carbonyl (C=O) groups is 1. The minimum atomic E-state index is -0.297. The zero-order valence-electron chi connectivity index (χ0n) is 15.3. The summed E-state index contributed by atoms with van der Waals surface area (Å²) in [4.78, 5) is 12.3. The van der Waals surface area contributed by atoms with E-state index in [0.717, 1.165) is 5.69 Å². The molecule has 0 saturated heterocycles. The number of fused-ring (bicyclic) bond motifs is 1. The van der Waals surface area contributed by atoms with Crippen molar-refractivity contribution in [3.05, 3.63) is 72.1 Å². The van der Waals surface area contributed by atoms with Crippen molar-refractivity contribution in [3.63, 3.8) is 0 Å². The van der Waals surface area contributed by atoms with Crippen LogP contribution in [0.1, 0.15) is 22.8 Å². The van der Waals surface area contributed by atoms with E-state index in [1.165, 1.54) is 6.21 Å². The van der Waals surface area contributed by atoms with Gasteiger partial charge >= 0.3 is 0 Å². The van der Waals surface area contributed by atoms with E-state index in [9.17, 15) is 4.79 Å². The van der Waals surface area contributed by atoms with Crippen molar-refractivity contribution in [3.8, 4) is 22.9 Å². The Morgan fingerprint density at radius 2 is 1.89 bits per heavy atom. The van der Waals surface area contributed by atoms with Gasteiger partial charge in [0.05, 0.1) is 12.8 Å². The molecule has 2 aromatic carbocycles. The van der Waals surface area contributed by atoms with Gasteiger partial charge in [-0.15, -0.1) is 0 Å². The third kappa shape index (κ3) is 3.68. The fourth-order valence-electron chi connectivity index (χ4n) is 2.84. The van der Waals surface area contributed by atoms with Crippen LogP contribution in [0.4, 0.5) is 0 Å². The molecule has 1 aliphatic heterocycles. The summed E-state index contributed by atoms with van der Waals surface area (Å²) in [6.45, 7) is 2.57. The summed E-state index contributed by atoms with van der Waals surface area (Å²) in [5.74, 6) is 1.57. The minimum absolute atomic E-state index is 0.178. The molecule has 0 aliphatic carbocycles. The molecule has 0 saturated carbocycles. The van der Waals surface area contributed by atoms with Gasteiger partial charge in [-0.1, -0.05) is 0 Å². The predicted molar refractivity (Wildman–Crippen MR) is 105 cm³/mol. The topological polar surface area (TPSA) is 74.1 Å². The van der Waals surface area contributed by atoms with Crippen LogP contribution in [-0.4, -0.2) is 30.1 Å². The summed E-state index contributed by atoms with van der Waals surface area (Å²) >= 11 is 0. The molecule has 0 atom stereocenters. The number of hydrazone groups is 1. The van der Waals surface area contributed by atoms with Crippen LogP contribution in [0.15, 0.2) is 66.0 Å². The van der Waals surface area contributed by atoms with Crippen LogP contribution >= 0.6 is 0 Å². The maximum Gasteiger partial charge on any atom is 0.271 e. The van der Waals surface area contributed by atoms with Crippen LogP contribution < -0.4 is 19.6 Å². The highest BCUT2D eigenvalue weighted by molar-refractivity contribution is 5.95. The average molecular weight is 377 g/mol. The molecule has 7 heteroatoms. The van der Waals surface area contributed by atoms with Crippen LogP contribution in [0, 0.1) is 0 Å². The highest BCUT2D eigenvalue weighted by Gasteiger charge is 2.17. The maximum absolute atomic E-state index is 12.3. The monoisotopic (exact) mass is 377 g/mol. The Bertz CT molecular complexity index is 995. The third-order valence-electron chi connectivity index (χ3n) is 4.21. The number of nitrogens with one attached hydrogen (secondary N) is 1. The van der Waals surface area contributed by atoms with Crippen molar-refractivity contribution in [2.45, 2.75) is 6.92 Å². The molecule has 0 unspecified atom stereocenters. The number of amides is 1. The summed E-state index contributed by atoms with van der Waals surface area (Å²) in [5, 5.41) is 4.05. The second-order valence-corrected chi connectivity index (χ2v) is 6.01. The van der Waals surface area contributed by atoms with E-state index in [4.69, 9.17) is 14.2 Å². The molecule has 0 spiro atoms. The number of carbonyl (C=O) groups excluding carboxylic acids is 1. The summed E-state index contributed by atoms with van der Waals surface area (Å²) in [5.41, 5.74) is 4.72. The Balaban J connectivity index is 1.45. The lowest BCUT2D eigenvalue weighted by Gasteiger charge is -2.08. The van der Waals surface area contributed by atoms with Crippen LogP contribution in [0.5, 0.6) is 17.2 Å². The first-order chi connectivity index (χ1) is 13.7. The molecule has 1 aliphatic rings. The summed E-state index contributed by atoms with van der Waals surface area (Å²) < 4.78 is 18.3. The second-order valence-electron chi connectivity index (χ2n) is 6.01. The van der Waals surface area contributed by atoms with Gasteiger partial charge in [-0.3, -0.25) is 4.79 Å². The van der Waals surface area contributed by atoms with Crippen LogP contribution in [0.3, 0.4) is 0 Å². The lowest BCUT2D eigenvalue weighted by atomic mass is 10.2. The number of hydrogen-bond donors (Lipinski definition) is 1. The number of aromatic nitrogens is 1. The Labute approximate surface area is 162 Å². The molecule has 142 valence electrons. The van der Waals surface area contributed by atoms with Gasteiger partial charge in [-0.05, 0) is 49.4 Å². The van der Waals surface area contributed by atoms with Crippen molar-refractivity contribution in [2.75, 3.05) is 13.4 Å². The highest BCUT2D eigenvalue weighted by Crippen LogP contribution is 2.37. The number of rotatable bonds is 6. The molecule has 28 heavy (non-hydrogen) atoms. The van der Waals surface area contributed by atoms with E-state index < -0.39 is 0 Å². The molecule has 0 radical (unpaired) electrons. The average Bonchev–Trinajstić information content (AvgIpc) is 3.40. The Morgan fingerprint density at radius 1 is 1.18 bits per heavy atom. The van der Waals surface area contributed by atoms with E-state index >= 15 is 0 Å². The van der Waals surface area contributed by atoms with Gasteiger partial charge in [0.2, 0.25) is 6.79 Å². The van der Waals surface area contributed by atoms with E-state index in [-0.39, 0.29) is 12.7 Å². The molecule has 0 bridgehead atoms. The number of hydrogen-bond acceptors (Lipinski definition) is 5. The molecule has 0 fully saturated rings. The van der Waals surface area contributed by atoms with Gasteiger partial charge in [0, 0.05) is 35.3 Å². The van der Waals surface area contributed by atoms with Gasteiger partial charge in [-0.25, -0.2) is 5.43 Å². The largest absolute Gasteiger partial charge is 0.493 e. The van der Waals surface area contributed by atoms with E-state index in [2.05, 4.69) is 10.5 Å². The molecule has 3 aromatic rings. The summed E-state index contributed by atoms with van der Waals surface area (Å²) in [7, 11) is 0. The zero-order chi connectivity index (χ0) is 19.3. The van der Waals surface area contributed by atoms with Gasteiger partial charge in [0.25, 0.3) is 5.91 Å². The first-order valence-electron chi connectivity index (χ1n) is 8.88. The van der Waals surface area contributed by atoms with Crippen molar-refractivity contribution >= 4 is 12.1 Å². The van der Waals surface area contributed by atoms with Crippen molar-refractivity contribution < 1.29 is 19.0 Å². The predicted octanol–water partition coefficient (Wildman–Crippen LogP) is 3.37. The van der Waals surface area contributed by atoms with Gasteiger partial charge < -0.3 is 18.8 Å². The molecule has 1 amide bonds. The van der Waals surface area contributed by atoms with Crippen molar-refractivity contribution in [1.29, 1.82) is 0 Å². The lowest BCUT2D eigenvalue weighted by molar-refractivity contribution is 0.0955. The smallest absolute Gasteiger partial charge is 0.271 e. The molecular formula is C21H19N3O4. The maximum atomic E-state index is 12.3. The quantitative estimate of drug-likeness (QED) is 0.528. The SMILES string of the molecule is CCOc1cc2c(cc1/C=N\NC(=O)c1ccc(-n3cccc3)cc1)OCO2. The first-order valence-corrected chi connectivity index (χ1v) is 8.88. The fraction of sp³-hybridized carbons (Fsp3) is 0.143. The third-order valence-corrected chi connectivity index (χ3v) is 4.21. The molecular weight excluding hydrogens is 358 g/mol. The summed E-state index contributed by atoms with van der Waals surface area (Å²) in [6.07, 6.45) is 5.42. The Hall–Kier alpha value is -3.74. The van der Waals surface area contributed by atoms with Crippen LogP contribution in [-0.2, 0) is 0 Å². The van der Waals surface area contributed by atoms with Gasteiger partial charge in [-0.2, -0.15) is 5.10 Å². The van der Waals surface area contributed by atoms with Crippen LogP contribution in [0.2, 0.25) is 0 Å². The minimum Gasteiger partial charge on any atom is -0.493 e. The highest BCUT2D eigenvalue weighted by atomic mass is 16.7. The van der Waals surface area contributed by atoms with E-state index in [0.29, 0.717) is 35.0 Å². The molecule has 1 aromatic heterocycles. The normalized spacial score (nSPS) is 12.3. The number of benzene rings is 2. The lowest BCUT2D eigenvalue weighted by Crippen LogP contribution is -2.17. The number of ether oxygens (including phenoxy) is 3. The molecule has 2 heterocycles. The Kier molecular flexibility index (Phi) is 4.97. The van der Waals surface area contributed by atoms with Gasteiger partial charge in [0.15, 0.2) is 11.5 Å². The number of nitrogens with zero attached hydrogens (tertiary/aromatic N) is 2. The van der Waals surface area contributed by atoms with Crippen molar-refractivity contribution in [2.24, 2.45) is 5.10 Å². The molecule has 7 nitrogen and oxygen atoms in total. The first kappa shape index (κ1) is 17.7. The van der Waals surface area contributed by atoms with E-state index in [1.54, 1.807) is 24.3 Å². The van der Waals surface area contributed by atoms with E-state index in [1.807, 2.05) is 48.1 Å². The zero-order valence-corrected chi connectivity index (χ0v) is 15.3. The summed E-state index contributed by atoms with van der Waals surface area (Å²) in [6, 6.07) is 14.7. The van der Waals surface area contributed by atoms with Crippen molar-refractivity contribution in [1.82, 2.24) is 9.99 Å². The standard InChI is InChI=1S/C21H19N3O4/c1-2-26-18-12-20-19(27-14-28-20)11-16(18)13-22-23-21(25)15-5-7-17(8-6-15)24-9-3-4-10-24/h3-13H,2,14H2,1H3,(H,23,25)/b22-13-. The van der Waals surface area contributed by atoms with Gasteiger partial charge in [0.1, 0.15) is 5.75 Å². The van der Waals surface area contributed by atoms with Crippen LogP contribution in [0.25, 0.3) is 5.69 Å².